The highest BCUT2D eigenvalue weighted by Crippen LogP contribution is 2.35. The number of anilines is 2. The number of amides is 1. The van der Waals surface area contributed by atoms with Crippen LogP contribution in [0.4, 0.5) is 20.2 Å². The Morgan fingerprint density at radius 1 is 1.00 bits per heavy atom. The van der Waals surface area contributed by atoms with Crippen LogP contribution < -0.4 is 10.6 Å². The van der Waals surface area contributed by atoms with Gasteiger partial charge in [-0.25, -0.2) is 18.7 Å². The third-order valence-electron chi connectivity index (χ3n) is 7.17. The number of hydrogen-bond donors (Lipinski definition) is 4. The Hall–Kier alpha value is -5.23. The first-order valence-electron chi connectivity index (χ1n) is 14.3. The quantitative estimate of drug-likeness (QED) is 0.148. The molecular weight excluding hydrogens is 564 g/mol. The molecule has 0 aliphatic heterocycles. The van der Waals surface area contributed by atoms with Crippen molar-refractivity contribution in [2.45, 2.75) is 19.8 Å². The Balaban J connectivity index is 1.37. The number of nitrogens with one attached hydrogen (secondary N) is 4. The molecular formula is C32H31F2N9O. The predicted molar refractivity (Wildman–Crippen MR) is 168 cm³/mol. The maximum absolute atomic E-state index is 15.3. The van der Waals surface area contributed by atoms with Crippen molar-refractivity contribution >= 4 is 39.3 Å². The van der Waals surface area contributed by atoms with E-state index in [0.717, 1.165) is 12.1 Å². The molecule has 0 unspecified atom stereocenters. The summed E-state index contributed by atoms with van der Waals surface area (Å²) in [5, 5.41) is 14.0. The zero-order valence-electron chi connectivity index (χ0n) is 24.5. The Labute approximate surface area is 252 Å². The lowest BCUT2D eigenvalue weighted by Crippen LogP contribution is -2.20. The predicted octanol–water partition coefficient (Wildman–Crippen LogP) is 6.22. The number of imidazole rings is 1. The van der Waals surface area contributed by atoms with Gasteiger partial charge in [-0.05, 0) is 62.5 Å². The van der Waals surface area contributed by atoms with E-state index in [1.54, 1.807) is 30.6 Å². The van der Waals surface area contributed by atoms with Gasteiger partial charge in [-0.1, -0.05) is 6.92 Å². The third kappa shape index (κ3) is 5.97. The lowest BCUT2D eigenvalue weighted by Gasteiger charge is -2.13. The number of halogens is 2. The van der Waals surface area contributed by atoms with Crippen LogP contribution in [0.1, 0.15) is 19.8 Å². The Kier molecular flexibility index (Phi) is 7.99. The van der Waals surface area contributed by atoms with Crippen LogP contribution in [-0.2, 0) is 4.79 Å². The minimum absolute atomic E-state index is 0.132. The monoisotopic (exact) mass is 595 g/mol. The summed E-state index contributed by atoms with van der Waals surface area (Å²) in [7, 11) is 3.96. The average Bonchev–Trinajstić information content (AvgIpc) is 3.60. The van der Waals surface area contributed by atoms with Crippen molar-refractivity contribution in [3.63, 3.8) is 0 Å². The van der Waals surface area contributed by atoms with E-state index >= 15 is 4.39 Å². The largest absolute Gasteiger partial charge is 0.384 e. The number of H-pyrrole nitrogens is 2. The first kappa shape index (κ1) is 28.9. The summed E-state index contributed by atoms with van der Waals surface area (Å²) < 4.78 is 30.0. The van der Waals surface area contributed by atoms with E-state index in [-0.39, 0.29) is 11.7 Å². The Bertz CT molecular complexity index is 1980. The number of rotatable bonds is 10. The van der Waals surface area contributed by atoms with E-state index < -0.39 is 5.82 Å². The number of benzene rings is 2. The van der Waals surface area contributed by atoms with Crippen LogP contribution >= 0.6 is 0 Å². The molecule has 12 heteroatoms. The summed E-state index contributed by atoms with van der Waals surface area (Å²) in [4.78, 5) is 30.7. The molecule has 4 heterocycles. The van der Waals surface area contributed by atoms with Crippen LogP contribution in [0.5, 0.6) is 0 Å². The van der Waals surface area contributed by atoms with Gasteiger partial charge in [-0.15, -0.1) is 0 Å². The maximum atomic E-state index is 15.3. The molecule has 0 saturated carbocycles. The molecule has 44 heavy (non-hydrogen) atoms. The van der Waals surface area contributed by atoms with Gasteiger partial charge in [0.15, 0.2) is 11.5 Å². The minimum Gasteiger partial charge on any atom is -0.384 e. The van der Waals surface area contributed by atoms with Crippen LogP contribution in [0.25, 0.3) is 55.8 Å². The maximum Gasteiger partial charge on any atom is 0.224 e. The van der Waals surface area contributed by atoms with Gasteiger partial charge in [0, 0.05) is 65.7 Å². The molecule has 0 bridgehead atoms. The van der Waals surface area contributed by atoms with Gasteiger partial charge in [0.05, 0.1) is 22.9 Å². The van der Waals surface area contributed by atoms with Crippen molar-refractivity contribution in [1.82, 2.24) is 35.0 Å². The van der Waals surface area contributed by atoms with Crippen molar-refractivity contribution in [3.8, 4) is 33.8 Å². The highest BCUT2D eigenvalue weighted by molar-refractivity contribution is 5.98. The van der Waals surface area contributed by atoms with E-state index in [1.165, 1.54) is 24.4 Å². The number of hydrogen-bond acceptors (Lipinski definition) is 7. The number of carbonyl (C=O) groups is 1. The molecule has 6 rings (SSSR count). The van der Waals surface area contributed by atoms with E-state index in [2.05, 4.69) is 40.8 Å². The number of likely N-dealkylation sites (N-methyl/N-ethyl adjacent to an activating group) is 1. The van der Waals surface area contributed by atoms with E-state index in [4.69, 9.17) is 0 Å². The first-order valence-corrected chi connectivity index (χ1v) is 14.3. The second-order valence-electron chi connectivity index (χ2n) is 10.8. The highest BCUT2D eigenvalue weighted by Gasteiger charge is 2.19. The molecule has 0 spiro atoms. The molecule has 0 fully saturated rings. The zero-order valence-corrected chi connectivity index (χ0v) is 24.5. The first-order chi connectivity index (χ1) is 21.3. The van der Waals surface area contributed by atoms with Crippen molar-refractivity contribution in [2.24, 2.45) is 0 Å². The molecule has 4 aromatic heterocycles. The number of pyridine rings is 2. The van der Waals surface area contributed by atoms with Crippen LogP contribution in [0.15, 0.2) is 61.1 Å². The van der Waals surface area contributed by atoms with Gasteiger partial charge in [0.25, 0.3) is 0 Å². The van der Waals surface area contributed by atoms with Crippen molar-refractivity contribution < 1.29 is 13.6 Å². The van der Waals surface area contributed by atoms with Crippen LogP contribution in [0.3, 0.4) is 0 Å². The molecule has 2 aromatic carbocycles. The van der Waals surface area contributed by atoms with E-state index in [9.17, 15) is 9.18 Å². The minimum atomic E-state index is -0.471. The molecule has 6 aromatic rings. The summed E-state index contributed by atoms with van der Waals surface area (Å²) in [6, 6.07) is 11.4. The molecule has 1 amide bonds. The fourth-order valence-electron chi connectivity index (χ4n) is 5.08. The van der Waals surface area contributed by atoms with Crippen LogP contribution in [-0.4, -0.2) is 68.1 Å². The molecule has 10 nitrogen and oxygen atoms in total. The van der Waals surface area contributed by atoms with Crippen molar-refractivity contribution in [1.29, 1.82) is 0 Å². The summed E-state index contributed by atoms with van der Waals surface area (Å²) in [6.45, 7) is 3.39. The molecule has 4 N–H and O–H groups in total. The van der Waals surface area contributed by atoms with Gasteiger partial charge >= 0.3 is 0 Å². The van der Waals surface area contributed by atoms with Gasteiger partial charge in [-0.3, -0.25) is 14.9 Å². The number of carbonyl (C=O) groups excluding carboxylic acids is 1. The molecule has 224 valence electrons. The third-order valence-corrected chi connectivity index (χ3v) is 7.17. The molecule has 0 aliphatic carbocycles. The average molecular weight is 596 g/mol. The molecule has 0 aliphatic rings. The summed E-state index contributed by atoms with van der Waals surface area (Å²) in [6.07, 6.45) is 5.79. The summed E-state index contributed by atoms with van der Waals surface area (Å²) in [5.41, 5.74) is 5.33. The van der Waals surface area contributed by atoms with Crippen molar-refractivity contribution in [2.75, 3.05) is 37.8 Å². The smallest absolute Gasteiger partial charge is 0.224 e. The fraction of sp³-hybridized carbons (Fsp3) is 0.219. The van der Waals surface area contributed by atoms with E-state index in [0.29, 0.717) is 81.0 Å². The number of aromatic nitrogens is 6. The van der Waals surface area contributed by atoms with Gasteiger partial charge in [0.1, 0.15) is 17.3 Å². The fourth-order valence-corrected chi connectivity index (χ4v) is 5.08. The van der Waals surface area contributed by atoms with E-state index in [1.807, 2.05) is 32.0 Å². The molecule has 0 atom stereocenters. The van der Waals surface area contributed by atoms with Crippen molar-refractivity contribution in [3.05, 3.63) is 72.7 Å². The second-order valence-corrected chi connectivity index (χ2v) is 10.8. The number of fused-ring (bicyclic) bond motifs is 2. The molecule has 0 saturated heterocycles. The molecule has 0 radical (unpaired) electrons. The number of nitrogens with zero attached hydrogens (tertiary/aromatic N) is 5. The zero-order chi connectivity index (χ0) is 30.8. The Morgan fingerprint density at radius 3 is 2.66 bits per heavy atom. The highest BCUT2D eigenvalue weighted by atomic mass is 19.1. The Morgan fingerprint density at radius 2 is 1.84 bits per heavy atom. The lowest BCUT2D eigenvalue weighted by molar-refractivity contribution is -0.116. The normalized spacial score (nSPS) is 11.5. The second kappa shape index (κ2) is 12.2. The lowest BCUT2D eigenvalue weighted by atomic mass is 10.0. The summed E-state index contributed by atoms with van der Waals surface area (Å²) in [5.74, 6) is -0.548. The van der Waals surface area contributed by atoms with Gasteiger partial charge in [0.2, 0.25) is 5.91 Å². The van der Waals surface area contributed by atoms with Gasteiger partial charge in [-0.2, -0.15) is 5.10 Å². The topological polar surface area (TPSA) is 128 Å². The van der Waals surface area contributed by atoms with Gasteiger partial charge < -0.3 is 20.5 Å². The SMILES string of the molecule is CCCC(=O)Nc1cncc(-c2cc3c(-c4nc5nccc(-c6cc(F)cc(NCCN(C)C)c6)c5[nH]4)n[nH]c3cc2F)c1. The number of aromatic amines is 2. The van der Waals surface area contributed by atoms with Crippen LogP contribution in [0.2, 0.25) is 0 Å². The standard InChI is InChI=1S/C32H31F2N9O/c1-4-5-28(44)38-22-12-19(16-35-17-22)24-14-25-27(15-26(24)34)41-42-30(25)32-39-29-23(6-7-37-31(29)40-32)18-10-20(33)13-21(11-18)36-8-9-43(2)3/h6-7,10-17,36H,4-5,8-9H2,1-3H3,(H,38,44)(H,41,42)(H,37,39,40). The summed E-state index contributed by atoms with van der Waals surface area (Å²) >= 11 is 0. The van der Waals surface area contributed by atoms with Crippen LogP contribution in [0, 0.1) is 11.6 Å².